The summed E-state index contributed by atoms with van der Waals surface area (Å²) in [6.45, 7) is 4.00. The molecule has 0 aliphatic carbocycles. The van der Waals surface area contributed by atoms with E-state index < -0.39 is 11.7 Å². The van der Waals surface area contributed by atoms with Crippen molar-refractivity contribution < 1.29 is 13.2 Å². The van der Waals surface area contributed by atoms with Gasteiger partial charge in [0.2, 0.25) is 0 Å². The van der Waals surface area contributed by atoms with Gasteiger partial charge in [-0.1, -0.05) is 48.9 Å². The number of hydrogen-bond donors (Lipinski definition) is 0. The lowest BCUT2D eigenvalue weighted by atomic mass is 9.92. The summed E-state index contributed by atoms with van der Waals surface area (Å²) in [6.07, 6.45) is -4.27. The number of halogens is 3. The van der Waals surface area contributed by atoms with E-state index in [1.807, 2.05) is 38.1 Å². The summed E-state index contributed by atoms with van der Waals surface area (Å²) in [5.74, 6) is 0.0860. The zero-order valence-electron chi connectivity index (χ0n) is 10.8. The molecule has 19 heavy (non-hydrogen) atoms. The lowest BCUT2D eigenvalue weighted by Gasteiger charge is -2.14. The molecule has 0 aliphatic heterocycles. The molecule has 100 valence electrons. The maximum atomic E-state index is 12.5. The highest BCUT2D eigenvalue weighted by molar-refractivity contribution is 5.35. The number of alkyl halides is 3. The van der Waals surface area contributed by atoms with Crippen molar-refractivity contribution in [3.63, 3.8) is 0 Å². The standard InChI is InChI=1S/C16H15F3/c1-11-3-5-13(6-4-11)12(2)14-7-9-15(10-8-14)16(17,18)19/h3-10,12H,1-2H3. The topological polar surface area (TPSA) is 0 Å². The molecule has 1 atom stereocenters. The highest BCUT2D eigenvalue weighted by Crippen LogP contribution is 2.31. The summed E-state index contributed by atoms with van der Waals surface area (Å²) < 4.78 is 37.5. The summed E-state index contributed by atoms with van der Waals surface area (Å²) >= 11 is 0. The molecule has 0 nitrogen and oxygen atoms in total. The van der Waals surface area contributed by atoms with E-state index in [4.69, 9.17) is 0 Å². The third-order valence-electron chi connectivity index (χ3n) is 3.32. The molecule has 3 heteroatoms. The minimum Gasteiger partial charge on any atom is -0.166 e. The molecule has 0 aliphatic rings. The van der Waals surface area contributed by atoms with Crippen molar-refractivity contribution in [2.75, 3.05) is 0 Å². The highest BCUT2D eigenvalue weighted by atomic mass is 19.4. The highest BCUT2D eigenvalue weighted by Gasteiger charge is 2.30. The van der Waals surface area contributed by atoms with Gasteiger partial charge in [-0.3, -0.25) is 0 Å². The minimum atomic E-state index is -4.27. The maximum Gasteiger partial charge on any atom is 0.416 e. The predicted octanol–water partition coefficient (Wildman–Crippen LogP) is 5.17. The molecular weight excluding hydrogens is 249 g/mol. The van der Waals surface area contributed by atoms with Gasteiger partial charge in [0.1, 0.15) is 0 Å². The zero-order chi connectivity index (χ0) is 14.0. The van der Waals surface area contributed by atoms with Crippen LogP contribution in [0.1, 0.15) is 35.1 Å². The molecule has 0 fully saturated rings. The van der Waals surface area contributed by atoms with Crippen molar-refractivity contribution in [3.05, 3.63) is 70.8 Å². The Morgan fingerprint density at radius 2 is 1.21 bits per heavy atom. The first-order valence-corrected chi connectivity index (χ1v) is 6.11. The van der Waals surface area contributed by atoms with Crippen LogP contribution in [0.5, 0.6) is 0 Å². The molecule has 2 rings (SSSR count). The Bertz CT molecular complexity index is 536. The number of rotatable bonds is 2. The van der Waals surface area contributed by atoms with Crippen molar-refractivity contribution in [2.45, 2.75) is 25.9 Å². The molecular formula is C16H15F3. The van der Waals surface area contributed by atoms with Gasteiger partial charge in [0.15, 0.2) is 0 Å². The van der Waals surface area contributed by atoms with Gasteiger partial charge < -0.3 is 0 Å². The molecule has 2 aromatic rings. The normalized spacial score (nSPS) is 13.3. The molecule has 0 amide bonds. The van der Waals surface area contributed by atoms with Crippen molar-refractivity contribution in [1.82, 2.24) is 0 Å². The van der Waals surface area contributed by atoms with Crippen LogP contribution in [0, 0.1) is 6.92 Å². The van der Waals surface area contributed by atoms with Gasteiger partial charge in [0.05, 0.1) is 5.56 Å². The molecule has 2 aromatic carbocycles. The van der Waals surface area contributed by atoms with Gasteiger partial charge >= 0.3 is 6.18 Å². The lowest BCUT2D eigenvalue weighted by molar-refractivity contribution is -0.137. The second kappa shape index (κ2) is 5.08. The van der Waals surface area contributed by atoms with Gasteiger partial charge in [0.25, 0.3) is 0 Å². The van der Waals surface area contributed by atoms with Crippen molar-refractivity contribution >= 4 is 0 Å². The summed E-state index contributed by atoms with van der Waals surface area (Å²) in [7, 11) is 0. The molecule has 0 saturated heterocycles. The second-order valence-electron chi connectivity index (χ2n) is 4.75. The molecule has 1 unspecified atom stereocenters. The van der Waals surface area contributed by atoms with E-state index in [9.17, 15) is 13.2 Å². The van der Waals surface area contributed by atoms with Crippen LogP contribution in [0.2, 0.25) is 0 Å². The Balaban J connectivity index is 2.25. The fourth-order valence-electron chi connectivity index (χ4n) is 2.01. The first-order valence-electron chi connectivity index (χ1n) is 6.11. The Hall–Kier alpha value is -1.77. The first kappa shape index (κ1) is 13.7. The average Bonchev–Trinajstić information content (AvgIpc) is 2.38. The molecule has 0 spiro atoms. The quantitative estimate of drug-likeness (QED) is 0.702. The van der Waals surface area contributed by atoms with Crippen LogP contribution in [0.25, 0.3) is 0 Å². The summed E-state index contributed by atoms with van der Waals surface area (Å²) in [5.41, 5.74) is 2.55. The third kappa shape index (κ3) is 3.16. The minimum absolute atomic E-state index is 0.0860. The van der Waals surface area contributed by atoms with Gasteiger partial charge in [0, 0.05) is 5.92 Å². The second-order valence-corrected chi connectivity index (χ2v) is 4.75. The van der Waals surface area contributed by atoms with E-state index in [0.717, 1.165) is 23.3 Å². The fraction of sp³-hybridized carbons (Fsp3) is 0.250. The van der Waals surface area contributed by atoms with E-state index in [-0.39, 0.29) is 5.92 Å². The van der Waals surface area contributed by atoms with Crippen LogP contribution in [0.3, 0.4) is 0 Å². The number of hydrogen-bond acceptors (Lipinski definition) is 0. The molecule has 0 bridgehead atoms. The zero-order valence-corrected chi connectivity index (χ0v) is 10.8. The van der Waals surface area contributed by atoms with Crippen LogP contribution in [-0.2, 0) is 6.18 Å². The smallest absolute Gasteiger partial charge is 0.166 e. The number of benzene rings is 2. The van der Waals surface area contributed by atoms with Gasteiger partial charge in [-0.15, -0.1) is 0 Å². The molecule has 0 saturated carbocycles. The van der Waals surface area contributed by atoms with Crippen molar-refractivity contribution in [1.29, 1.82) is 0 Å². The van der Waals surface area contributed by atoms with Gasteiger partial charge in [-0.2, -0.15) is 13.2 Å². The van der Waals surface area contributed by atoms with Crippen LogP contribution in [-0.4, -0.2) is 0 Å². The third-order valence-corrected chi connectivity index (χ3v) is 3.32. The van der Waals surface area contributed by atoms with Crippen LogP contribution in [0.4, 0.5) is 13.2 Å². The van der Waals surface area contributed by atoms with Crippen LogP contribution >= 0.6 is 0 Å². The summed E-state index contributed by atoms with van der Waals surface area (Å²) in [5, 5.41) is 0. The van der Waals surface area contributed by atoms with E-state index in [1.54, 1.807) is 12.1 Å². The van der Waals surface area contributed by atoms with E-state index in [2.05, 4.69) is 0 Å². The summed E-state index contributed by atoms with van der Waals surface area (Å²) in [4.78, 5) is 0. The lowest BCUT2D eigenvalue weighted by Crippen LogP contribution is -2.05. The fourth-order valence-corrected chi connectivity index (χ4v) is 2.01. The molecule has 0 aromatic heterocycles. The predicted molar refractivity (Wildman–Crippen MR) is 70.1 cm³/mol. The maximum absolute atomic E-state index is 12.5. The van der Waals surface area contributed by atoms with Gasteiger partial charge in [-0.25, -0.2) is 0 Å². The Morgan fingerprint density at radius 1 is 0.789 bits per heavy atom. The largest absolute Gasteiger partial charge is 0.416 e. The van der Waals surface area contributed by atoms with E-state index in [0.29, 0.717) is 0 Å². The van der Waals surface area contributed by atoms with Crippen LogP contribution in [0.15, 0.2) is 48.5 Å². The Kier molecular flexibility index (Phi) is 3.65. The van der Waals surface area contributed by atoms with E-state index >= 15 is 0 Å². The van der Waals surface area contributed by atoms with Crippen LogP contribution < -0.4 is 0 Å². The average molecular weight is 264 g/mol. The molecule has 0 heterocycles. The van der Waals surface area contributed by atoms with Crippen molar-refractivity contribution in [2.24, 2.45) is 0 Å². The molecule has 0 radical (unpaired) electrons. The van der Waals surface area contributed by atoms with E-state index in [1.165, 1.54) is 5.56 Å². The number of aryl methyl sites for hydroxylation is 1. The van der Waals surface area contributed by atoms with Crippen molar-refractivity contribution in [3.8, 4) is 0 Å². The monoisotopic (exact) mass is 264 g/mol. The van der Waals surface area contributed by atoms with Gasteiger partial charge in [-0.05, 0) is 30.2 Å². The Morgan fingerprint density at radius 3 is 1.63 bits per heavy atom. The first-order chi connectivity index (χ1) is 8.88. The SMILES string of the molecule is Cc1ccc(C(C)c2ccc(C(F)(F)F)cc2)cc1. The molecule has 0 N–H and O–H groups in total. The Labute approximate surface area is 110 Å². The summed E-state index contributed by atoms with van der Waals surface area (Å²) in [6, 6.07) is 13.4.